The summed E-state index contributed by atoms with van der Waals surface area (Å²) in [5, 5.41) is 2.82. The van der Waals surface area contributed by atoms with Crippen LogP contribution in [0.25, 0.3) is 0 Å². The molecule has 2 heterocycles. The summed E-state index contributed by atoms with van der Waals surface area (Å²) in [5.41, 5.74) is 1.91. The summed E-state index contributed by atoms with van der Waals surface area (Å²) >= 11 is 0. The van der Waals surface area contributed by atoms with E-state index in [1.54, 1.807) is 35.2 Å². The highest BCUT2D eigenvalue weighted by atomic mass is 19.1. The van der Waals surface area contributed by atoms with Crippen LogP contribution in [-0.4, -0.2) is 80.5 Å². The van der Waals surface area contributed by atoms with Gasteiger partial charge in [-0.25, -0.2) is 4.39 Å². The van der Waals surface area contributed by atoms with Crippen molar-refractivity contribution in [3.8, 4) is 0 Å². The third kappa shape index (κ3) is 6.73. The van der Waals surface area contributed by atoms with Crippen molar-refractivity contribution < 1.29 is 27.9 Å². The van der Waals surface area contributed by atoms with Crippen LogP contribution in [-0.2, 0) is 9.53 Å². The van der Waals surface area contributed by atoms with Crippen LogP contribution in [0.3, 0.4) is 0 Å². The highest BCUT2D eigenvalue weighted by Crippen LogP contribution is 2.20. The molecule has 37 heavy (non-hydrogen) atoms. The second kappa shape index (κ2) is 12.2. The summed E-state index contributed by atoms with van der Waals surface area (Å²) in [4.78, 5) is 43.2. The van der Waals surface area contributed by atoms with Gasteiger partial charge in [0.2, 0.25) is 5.91 Å². The van der Waals surface area contributed by atoms with Gasteiger partial charge in [-0.3, -0.25) is 14.4 Å². The minimum atomic E-state index is -0.427. The van der Waals surface area contributed by atoms with Crippen LogP contribution in [0.15, 0.2) is 71.3 Å². The molecule has 1 aromatic heterocycles. The summed E-state index contributed by atoms with van der Waals surface area (Å²) < 4.78 is 23.7. The van der Waals surface area contributed by atoms with Crippen LogP contribution in [0.1, 0.15) is 20.9 Å². The molecule has 1 aliphatic rings. The molecule has 3 aromatic rings. The van der Waals surface area contributed by atoms with E-state index in [2.05, 4.69) is 10.2 Å². The molecule has 2 aromatic carbocycles. The van der Waals surface area contributed by atoms with E-state index in [1.807, 2.05) is 12.1 Å². The average molecular weight is 509 g/mol. The van der Waals surface area contributed by atoms with E-state index in [4.69, 9.17) is 9.15 Å². The quantitative estimate of drug-likeness (QED) is 0.477. The number of furan rings is 1. The number of amides is 3. The van der Waals surface area contributed by atoms with E-state index < -0.39 is 5.82 Å². The number of piperazine rings is 1. The van der Waals surface area contributed by atoms with Gasteiger partial charge >= 0.3 is 0 Å². The summed E-state index contributed by atoms with van der Waals surface area (Å²) in [6.45, 7) is 2.70. The molecule has 0 unspecified atom stereocenters. The first-order valence-corrected chi connectivity index (χ1v) is 12.0. The van der Waals surface area contributed by atoms with Crippen molar-refractivity contribution in [1.82, 2.24) is 9.80 Å². The predicted molar refractivity (Wildman–Crippen MR) is 136 cm³/mol. The number of halogens is 1. The molecule has 1 saturated heterocycles. The molecule has 1 aliphatic heterocycles. The van der Waals surface area contributed by atoms with Gasteiger partial charge in [-0.1, -0.05) is 6.07 Å². The van der Waals surface area contributed by atoms with Crippen molar-refractivity contribution in [3.63, 3.8) is 0 Å². The Morgan fingerprint density at radius 1 is 1.03 bits per heavy atom. The Hall–Kier alpha value is -4.18. The number of ether oxygens (including phenoxy) is 1. The van der Waals surface area contributed by atoms with E-state index >= 15 is 0 Å². The Morgan fingerprint density at radius 2 is 1.78 bits per heavy atom. The zero-order valence-corrected chi connectivity index (χ0v) is 20.6. The van der Waals surface area contributed by atoms with Gasteiger partial charge in [-0.05, 0) is 54.6 Å². The fraction of sp³-hybridized carbons (Fsp3) is 0.296. The van der Waals surface area contributed by atoms with Crippen LogP contribution in [0.4, 0.5) is 15.8 Å². The van der Waals surface area contributed by atoms with Gasteiger partial charge < -0.3 is 29.2 Å². The Morgan fingerprint density at radius 3 is 2.43 bits per heavy atom. The molecule has 10 heteroatoms. The molecule has 194 valence electrons. The number of rotatable bonds is 9. The van der Waals surface area contributed by atoms with Gasteiger partial charge in [0.25, 0.3) is 11.8 Å². The number of hydrogen-bond acceptors (Lipinski definition) is 6. The zero-order valence-electron chi connectivity index (χ0n) is 20.6. The molecule has 0 radical (unpaired) electrons. The lowest BCUT2D eigenvalue weighted by Gasteiger charge is -2.36. The van der Waals surface area contributed by atoms with Gasteiger partial charge in [0, 0.05) is 56.8 Å². The van der Waals surface area contributed by atoms with E-state index in [0.717, 1.165) is 5.69 Å². The number of benzene rings is 2. The van der Waals surface area contributed by atoms with Crippen molar-refractivity contribution in [2.24, 2.45) is 0 Å². The van der Waals surface area contributed by atoms with Crippen molar-refractivity contribution >= 4 is 29.1 Å². The fourth-order valence-electron chi connectivity index (χ4n) is 4.11. The highest BCUT2D eigenvalue weighted by molar-refractivity contribution is 5.98. The summed E-state index contributed by atoms with van der Waals surface area (Å²) in [5.74, 6) is -1.17. The third-order valence-corrected chi connectivity index (χ3v) is 6.07. The molecule has 1 fully saturated rings. The van der Waals surface area contributed by atoms with Crippen LogP contribution in [0.5, 0.6) is 0 Å². The van der Waals surface area contributed by atoms with E-state index in [0.29, 0.717) is 37.4 Å². The number of methoxy groups -OCH3 is 1. The molecule has 0 atom stereocenters. The molecule has 1 N–H and O–H groups in total. The topological polar surface area (TPSA) is 95.3 Å². The SMILES string of the molecule is COCCN(CC(=O)Nc1ccc(N2CCN(C(=O)c3cccc(F)c3)CC2)cc1)C(=O)c1ccco1. The van der Waals surface area contributed by atoms with E-state index in [-0.39, 0.29) is 43.2 Å². The number of anilines is 2. The van der Waals surface area contributed by atoms with Crippen molar-refractivity contribution in [1.29, 1.82) is 0 Å². The van der Waals surface area contributed by atoms with E-state index in [1.165, 1.54) is 36.5 Å². The summed E-state index contributed by atoms with van der Waals surface area (Å²) in [6.07, 6.45) is 1.41. The number of hydrogen-bond donors (Lipinski definition) is 1. The molecule has 0 spiro atoms. The lowest BCUT2D eigenvalue weighted by atomic mass is 10.1. The molecule has 3 amide bonds. The Bertz CT molecular complexity index is 1210. The van der Waals surface area contributed by atoms with Gasteiger partial charge in [0.15, 0.2) is 5.76 Å². The standard InChI is InChI=1S/C27H29FN4O5/c1-36-17-15-32(27(35)24-6-3-16-37-24)19-25(33)29-22-7-9-23(10-8-22)30-11-13-31(14-12-30)26(34)20-4-2-5-21(28)18-20/h2-10,16,18H,11-15,17,19H2,1H3,(H,29,33). The molecule has 9 nitrogen and oxygen atoms in total. The maximum atomic E-state index is 13.5. The smallest absolute Gasteiger partial charge is 0.290 e. The van der Waals surface area contributed by atoms with Crippen LogP contribution in [0, 0.1) is 5.82 Å². The second-order valence-electron chi connectivity index (χ2n) is 8.58. The first-order chi connectivity index (χ1) is 17.9. The first-order valence-electron chi connectivity index (χ1n) is 12.0. The van der Waals surface area contributed by atoms with Gasteiger partial charge in [0.1, 0.15) is 12.4 Å². The highest BCUT2D eigenvalue weighted by Gasteiger charge is 2.23. The van der Waals surface area contributed by atoms with Gasteiger partial charge in [-0.15, -0.1) is 0 Å². The molecular weight excluding hydrogens is 479 g/mol. The minimum absolute atomic E-state index is 0.147. The number of nitrogens with zero attached hydrogens (tertiary/aromatic N) is 3. The Kier molecular flexibility index (Phi) is 8.52. The molecule has 0 aliphatic carbocycles. The number of carbonyl (C=O) groups is 3. The molecule has 0 saturated carbocycles. The Labute approximate surface area is 214 Å². The van der Waals surface area contributed by atoms with Crippen LogP contribution >= 0.6 is 0 Å². The van der Waals surface area contributed by atoms with Crippen molar-refractivity contribution in [2.75, 3.05) is 63.2 Å². The number of carbonyl (C=O) groups excluding carboxylic acids is 3. The molecule has 4 rings (SSSR count). The fourth-order valence-corrected chi connectivity index (χ4v) is 4.11. The minimum Gasteiger partial charge on any atom is -0.459 e. The van der Waals surface area contributed by atoms with Crippen LogP contribution < -0.4 is 10.2 Å². The average Bonchev–Trinajstić information content (AvgIpc) is 3.46. The predicted octanol–water partition coefficient (Wildman–Crippen LogP) is 3.11. The maximum Gasteiger partial charge on any atom is 0.290 e. The Balaban J connectivity index is 1.29. The number of nitrogens with one attached hydrogen (secondary N) is 1. The normalized spacial score (nSPS) is 13.4. The largest absolute Gasteiger partial charge is 0.459 e. The summed E-state index contributed by atoms with van der Waals surface area (Å²) in [7, 11) is 1.53. The lowest BCUT2D eigenvalue weighted by molar-refractivity contribution is -0.117. The summed E-state index contributed by atoms with van der Waals surface area (Å²) in [6, 6.07) is 16.3. The monoisotopic (exact) mass is 508 g/mol. The first kappa shape index (κ1) is 25.9. The lowest BCUT2D eigenvalue weighted by Crippen LogP contribution is -2.48. The van der Waals surface area contributed by atoms with Crippen molar-refractivity contribution in [2.45, 2.75) is 0 Å². The van der Waals surface area contributed by atoms with Gasteiger partial charge in [0.05, 0.1) is 12.9 Å². The zero-order chi connectivity index (χ0) is 26.2. The molecule has 0 bridgehead atoms. The maximum absolute atomic E-state index is 13.5. The third-order valence-electron chi connectivity index (χ3n) is 6.07. The van der Waals surface area contributed by atoms with Gasteiger partial charge in [-0.2, -0.15) is 0 Å². The van der Waals surface area contributed by atoms with E-state index in [9.17, 15) is 18.8 Å². The molecular formula is C27H29FN4O5. The van der Waals surface area contributed by atoms with Crippen molar-refractivity contribution in [3.05, 3.63) is 84.1 Å². The second-order valence-corrected chi connectivity index (χ2v) is 8.58. The van der Waals surface area contributed by atoms with Crippen LogP contribution in [0.2, 0.25) is 0 Å².